The Bertz CT molecular complexity index is 329. The van der Waals surface area contributed by atoms with Crippen molar-refractivity contribution in [3.05, 3.63) is 0 Å². The summed E-state index contributed by atoms with van der Waals surface area (Å²) in [5.41, 5.74) is 0. The van der Waals surface area contributed by atoms with Crippen molar-refractivity contribution in [2.24, 2.45) is 5.92 Å². The van der Waals surface area contributed by atoms with Crippen molar-refractivity contribution in [3.8, 4) is 0 Å². The highest BCUT2D eigenvalue weighted by molar-refractivity contribution is 5.79. The quantitative estimate of drug-likeness (QED) is 0.846. The molecule has 0 aromatic rings. The molecule has 2 saturated carbocycles. The van der Waals surface area contributed by atoms with Crippen LogP contribution in [0.3, 0.4) is 0 Å². The summed E-state index contributed by atoms with van der Waals surface area (Å²) in [7, 11) is 0. The highest BCUT2D eigenvalue weighted by Gasteiger charge is 2.38. The molecule has 2 aliphatic carbocycles. The average Bonchev–Trinajstić information content (AvgIpc) is 3.27. The summed E-state index contributed by atoms with van der Waals surface area (Å²) in [6, 6.07) is 1.11. The monoisotopic (exact) mass is 279 g/mol. The third kappa shape index (κ3) is 3.53. The Hall–Kier alpha value is -0.610. The Morgan fingerprint density at radius 3 is 2.15 bits per heavy atom. The SMILES string of the molecule is CC1CCC(N(C(=O)CN2CCNCC2)C2CC2)CC1. The lowest BCUT2D eigenvalue weighted by Crippen LogP contribution is -2.51. The van der Waals surface area contributed by atoms with Crippen LogP contribution in [0.4, 0.5) is 0 Å². The van der Waals surface area contributed by atoms with Gasteiger partial charge in [-0.15, -0.1) is 0 Å². The average molecular weight is 279 g/mol. The summed E-state index contributed by atoms with van der Waals surface area (Å²) in [5, 5.41) is 3.35. The fourth-order valence-electron chi connectivity index (χ4n) is 3.72. The lowest BCUT2D eigenvalue weighted by molar-refractivity contribution is -0.136. The zero-order valence-corrected chi connectivity index (χ0v) is 12.8. The second-order valence-electron chi connectivity index (χ2n) is 6.97. The van der Waals surface area contributed by atoms with E-state index in [1.807, 2.05) is 0 Å². The molecular formula is C16H29N3O. The number of carbonyl (C=O) groups is 1. The van der Waals surface area contributed by atoms with Gasteiger partial charge in [-0.1, -0.05) is 6.92 Å². The van der Waals surface area contributed by atoms with Crippen molar-refractivity contribution in [2.75, 3.05) is 32.7 Å². The molecule has 0 spiro atoms. The molecule has 0 radical (unpaired) electrons. The maximum Gasteiger partial charge on any atom is 0.237 e. The molecule has 0 aromatic heterocycles. The molecule has 4 heteroatoms. The van der Waals surface area contributed by atoms with Crippen molar-refractivity contribution in [1.82, 2.24) is 15.1 Å². The highest BCUT2D eigenvalue weighted by atomic mass is 16.2. The smallest absolute Gasteiger partial charge is 0.237 e. The zero-order chi connectivity index (χ0) is 13.9. The van der Waals surface area contributed by atoms with Gasteiger partial charge in [0.25, 0.3) is 0 Å². The van der Waals surface area contributed by atoms with E-state index in [4.69, 9.17) is 0 Å². The van der Waals surface area contributed by atoms with Crippen LogP contribution in [0.5, 0.6) is 0 Å². The maximum atomic E-state index is 12.7. The van der Waals surface area contributed by atoms with Gasteiger partial charge in [0.2, 0.25) is 5.91 Å². The second kappa shape index (κ2) is 6.44. The van der Waals surface area contributed by atoms with E-state index in [1.54, 1.807) is 0 Å². The minimum atomic E-state index is 0.397. The fraction of sp³-hybridized carbons (Fsp3) is 0.938. The van der Waals surface area contributed by atoms with E-state index in [0.29, 0.717) is 24.5 Å². The first-order valence-corrected chi connectivity index (χ1v) is 8.48. The Morgan fingerprint density at radius 1 is 1.05 bits per heavy atom. The summed E-state index contributed by atoms with van der Waals surface area (Å²) in [4.78, 5) is 17.3. The van der Waals surface area contributed by atoms with Crippen LogP contribution in [-0.4, -0.2) is 60.5 Å². The van der Waals surface area contributed by atoms with Crippen LogP contribution in [0, 0.1) is 5.92 Å². The van der Waals surface area contributed by atoms with Crippen LogP contribution < -0.4 is 5.32 Å². The van der Waals surface area contributed by atoms with Gasteiger partial charge < -0.3 is 10.2 Å². The minimum absolute atomic E-state index is 0.397. The van der Waals surface area contributed by atoms with E-state index < -0.39 is 0 Å². The lowest BCUT2D eigenvalue weighted by Gasteiger charge is -2.38. The van der Waals surface area contributed by atoms with Crippen molar-refractivity contribution in [1.29, 1.82) is 0 Å². The summed E-state index contributed by atoms with van der Waals surface area (Å²) in [6.07, 6.45) is 7.53. The van der Waals surface area contributed by atoms with Crippen LogP contribution in [-0.2, 0) is 4.79 Å². The highest BCUT2D eigenvalue weighted by Crippen LogP contribution is 2.35. The number of amides is 1. The van der Waals surface area contributed by atoms with Crippen molar-refractivity contribution < 1.29 is 4.79 Å². The molecule has 1 N–H and O–H groups in total. The van der Waals surface area contributed by atoms with E-state index in [-0.39, 0.29) is 0 Å². The summed E-state index contributed by atoms with van der Waals surface area (Å²) in [6.45, 7) is 7.08. The van der Waals surface area contributed by atoms with Crippen molar-refractivity contribution in [3.63, 3.8) is 0 Å². The number of nitrogens with zero attached hydrogens (tertiary/aromatic N) is 2. The molecule has 0 unspecified atom stereocenters. The van der Waals surface area contributed by atoms with E-state index >= 15 is 0 Å². The topological polar surface area (TPSA) is 35.6 Å². The molecule has 20 heavy (non-hydrogen) atoms. The standard InChI is InChI=1S/C16H29N3O/c1-13-2-4-14(5-3-13)19(15-6-7-15)16(20)12-18-10-8-17-9-11-18/h13-15,17H,2-12H2,1H3. The predicted octanol–water partition coefficient (Wildman–Crippen LogP) is 1.46. The molecule has 3 fully saturated rings. The Kier molecular flexibility index (Phi) is 4.61. The number of hydrogen-bond acceptors (Lipinski definition) is 3. The van der Waals surface area contributed by atoms with Gasteiger partial charge in [-0.05, 0) is 44.4 Å². The van der Waals surface area contributed by atoms with E-state index in [1.165, 1.54) is 38.5 Å². The first-order valence-electron chi connectivity index (χ1n) is 8.48. The minimum Gasteiger partial charge on any atom is -0.336 e. The van der Waals surface area contributed by atoms with Gasteiger partial charge in [0.1, 0.15) is 0 Å². The number of rotatable bonds is 4. The Morgan fingerprint density at radius 2 is 1.60 bits per heavy atom. The fourth-order valence-corrected chi connectivity index (χ4v) is 3.72. The molecule has 3 rings (SSSR count). The first kappa shape index (κ1) is 14.3. The van der Waals surface area contributed by atoms with Gasteiger partial charge in [0.05, 0.1) is 6.54 Å². The Labute approximate surface area is 122 Å². The first-order chi connectivity index (χ1) is 9.74. The molecule has 0 bridgehead atoms. The zero-order valence-electron chi connectivity index (χ0n) is 12.8. The molecule has 1 heterocycles. The molecule has 114 valence electrons. The number of piperazine rings is 1. The Balaban J connectivity index is 1.56. The van der Waals surface area contributed by atoms with E-state index in [2.05, 4.69) is 22.0 Å². The van der Waals surface area contributed by atoms with Crippen LogP contribution in [0.25, 0.3) is 0 Å². The summed E-state index contributed by atoms with van der Waals surface area (Å²) >= 11 is 0. The van der Waals surface area contributed by atoms with Gasteiger partial charge in [0.15, 0.2) is 0 Å². The molecular weight excluding hydrogens is 250 g/mol. The van der Waals surface area contributed by atoms with Crippen molar-refractivity contribution in [2.45, 2.75) is 57.5 Å². The van der Waals surface area contributed by atoms with Crippen molar-refractivity contribution >= 4 is 5.91 Å². The van der Waals surface area contributed by atoms with Crippen LogP contribution >= 0.6 is 0 Å². The molecule has 0 atom stereocenters. The largest absolute Gasteiger partial charge is 0.336 e. The van der Waals surface area contributed by atoms with Gasteiger partial charge in [-0.3, -0.25) is 9.69 Å². The van der Waals surface area contributed by atoms with Crippen LogP contribution in [0.15, 0.2) is 0 Å². The molecule has 0 aromatic carbocycles. The lowest BCUT2D eigenvalue weighted by atomic mass is 9.86. The molecule has 1 saturated heterocycles. The van der Waals surface area contributed by atoms with E-state index in [0.717, 1.165) is 32.1 Å². The van der Waals surface area contributed by atoms with Crippen LogP contribution in [0.2, 0.25) is 0 Å². The predicted molar refractivity (Wildman–Crippen MR) is 80.6 cm³/mol. The summed E-state index contributed by atoms with van der Waals surface area (Å²) in [5.74, 6) is 1.25. The summed E-state index contributed by atoms with van der Waals surface area (Å²) < 4.78 is 0. The number of carbonyl (C=O) groups excluding carboxylic acids is 1. The third-order valence-electron chi connectivity index (χ3n) is 5.18. The van der Waals surface area contributed by atoms with Gasteiger partial charge >= 0.3 is 0 Å². The number of hydrogen-bond donors (Lipinski definition) is 1. The molecule has 4 nitrogen and oxygen atoms in total. The normalized spacial score (nSPS) is 32.0. The van der Waals surface area contributed by atoms with Crippen LogP contribution in [0.1, 0.15) is 45.4 Å². The number of nitrogens with one attached hydrogen (secondary N) is 1. The van der Waals surface area contributed by atoms with Gasteiger partial charge in [-0.2, -0.15) is 0 Å². The van der Waals surface area contributed by atoms with E-state index in [9.17, 15) is 4.79 Å². The molecule has 1 aliphatic heterocycles. The second-order valence-corrected chi connectivity index (χ2v) is 6.97. The molecule has 1 amide bonds. The van der Waals surface area contributed by atoms with Gasteiger partial charge in [0, 0.05) is 38.3 Å². The maximum absolute atomic E-state index is 12.7. The van der Waals surface area contributed by atoms with Gasteiger partial charge in [-0.25, -0.2) is 0 Å². The third-order valence-corrected chi connectivity index (χ3v) is 5.18. The molecule has 3 aliphatic rings.